The van der Waals surface area contributed by atoms with Gasteiger partial charge in [0.1, 0.15) is 10.7 Å². The molecule has 4 saturated heterocycles. The highest BCUT2D eigenvalue weighted by Crippen LogP contribution is 2.39. The number of fused-ring (bicyclic) bond motifs is 3. The van der Waals surface area contributed by atoms with Gasteiger partial charge >= 0.3 is 0 Å². The molecule has 2 aromatic rings. The van der Waals surface area contributed by atoms with Crippen molar-refractivity contribution < 1.29 is 9.47 Å². The third kappa shape index (κ3) is 2.56. The lowest BCUT2D eigenvalue weighted by atomic mass is 9.89. The first kappa shape index (κ1) is 17.3. The fourth-order valence-electron chi connectivity index (χ4n) is 5.53. The summed E-state index contributed by atoms with van der Waals surface area (Å²) in [6.45, 7) is 4.53. The van der Waals surface area contributed by atoms with Gasteiger partial charge in [-0.15, -0.1) is 0 Å². The minimum Gasteiger partial charge on any atom is -0.375 e. The highest BCUT2D eigenvalue weighted by atomic mass is 35.5. The van der Waals surface area contributed by atoms with Crippen molar-refractivity contribution in [1.82, 2.24) is 14.5 Å². The maximum Gasteiger partial charge on any atom is 0.206 e. The third-order valence-electron chi connectivity index (χ3n) is 7.11. The summed E-state index contributed by atoms with van der Waals surface area (Å²) in [6.07, 6.45) is 5.94. The lowest BCUT2D eigenvalue weighted by molar-refractivity contribution is -0.0148. The van der Waals surface area contributed by atoms with Crippen LogP contribution in [0.15, 0.2) is 6.07 Å². The summed E-state index contributed by atoms with van der Waals surface area (Å²) in [4.78, 5) is 14.5. The zero-order valence-electron chi connectivity index (χ0n) is 16.2. The molecule has 150 valence electrons. The van der Waals surface area contributed by atoms with Gasteiger partial charge in [-0.1, -0.05) is 11.6 Å². The number of ether oxygens (including phenoxy) is 2. The van der Waals surface area contributed by atoms with Crippen LogP contribution in [0.5, 0.6) is 0 Å². The number of halogens is 1. The lowest BCUT2D eigenvalue weighted by Crippen LogP contribution is -2.44. The van der Waals surface area contributed by atoms with Gasteiger partial charge in [0.25, 0.3) is 0 Å². The molecule has 0 saturated carbocycles. The molecule has 0 aliphatic carbocycles. The van der Waals surface area contributed by atoms with Crippen LogP contribution in [0, 0.1) is 0 Å². The number of imidazole rings is 1. The Labute approximate surface area is 169 Å². The number of piperidine rings is 1. The molecule has 0 amide bonds. The van der Waals surface area contributed by atoms with Crippen molar-refractivity contribution in [2.24, 2.45) is 7.05 Å². The van der Waals surface area contributed by atoms with E-state index in [2.05, 4.69) is 26.4 Å². The Bertz CT molecular complexity index is 915. The lowest BCUT2D eigenvalue weighted by Gasteiger charge is -2.39. The standard InChI is InChI=1S/C20H26ClN5O2/c1-24-15-10-16(21)22-18(26-11-14-9-13(26)12-27-14)17(15)23-19(24)25-6-4-20(5-7-25)3-2-8-28-20/h10,13-14H,2-9,11-12H2,1H3/t13-,14-/m1/s1. The molecule has 28 heavy (non-hydrogen) atoms. The molecule has 4 fully saturated rings. The van der Waals surface area contributed by atoms with E-state index in [0.29, 0.717) is 17.3 Å². The van der Waals surface area contributed by atoms with Gasteiger partial charge in [-0.2, -0.15) is 0 Å². The highest BCUT2D eigenvalue weighted by molar-refractivity contribution is 6.30. The van der Waals surface area contributed by atoms with Gasteiger partial charge in [0.2, 0.25) is 5.95 Å². The van der Waals surface area contributed by atoms with Crippen molar-refractivity contribution >= 4 is 34.4 Å². The van der Waals surface area contributed by atoms with Crippen molar-refractivity contribution in [3.8, 4) is 0 Å². The Kier molecular flexibility index (Phi) is 3.84. The van der Waals surface area contributed by atoms with Gasteiger partial charge in [-0.3, -0.25) is 0 Å². The van der Waals surface area contributed by atoms with Crippen LogP contribution in [0.3, 0.4) is 0 Å². The molecule has 1 spiro atoms. The van der Waals surface area contributed by atoms with Crippen molar-refractivity contribution in [2.75, 3.05) is 42.6 Å². The van der Waals surface area contributed by atoms with E-state index < -0.39 is 0 Å². The van der Waals surface area contributed by atoms with Gasteiger partial charge in [0, 0.05) is 39.4 Å². The summed E-state index contributed by atoms with van der Waals surface area (Å²) in [7, 11) is 2.08. The van der Waals surface area contributed by atoms with E-state index in [1.165, 1.54) is 12.8 Å². The second kappa shape index (κ2) is 6.21. The van der Waals surface area contributed by atoms with Gasteiger partial charge in [0.05, 0.1) is 29.9 Å². The number of morpholine rings is 1. The summed E-state index contributed by atoms with van der Waals surface area (Å²) in [6, 6.07) is 2.33. The first-order valence-corrected chi connectivity index (χ1v) is 10.8. The number of rotatable bonds is 2. The number of aryl methyl sites for hydroxylation is 1. The van der Waals surface area contributed by atoms with E-state index in [4.69, 9.17) is 26.1 Å². The third-order valence-corrected chi connectivity index (χ3v) is 7.30. The number of nitrogens with zero attached hydrogens (tertiary/aromatic N) is 5. The maximum atomic E-state index is 6.41. The molecule has 6 heterocycles. The highest BCUT2D eigenvalue weighted by Gasteiger charge is 2.42. The van der Waals surface area contributed by atoms with Crippen LogP contribution in [-0.4, -0.2) is 65.1 Å². The second-order valence-electron chi connectivity index (χ2n) is 8.73. The molecule has 0 radical (unpaired) electrons. The first-order chi connectivity index (χ1) is 13.6. The molecule has 2 bridgehead atoms. The summed E-state index contributed by atoms with van der Waals surface area (Å²) in [5, 5.41) is 0.526. The molecule has 6 rings (SSSR count). The first-order valence-electron chi connectivity index (χ1n) is 10.4. The van der Waals surface area contributed by atoms with Crippen molar-refractivity contribution in [2.45, 2.75) is 49.9 Å². The molecule has 4 aliphatic heterocycles. The summed E-state index contributed by atoms with van der Waals surface area (Å²) in [5.74, 6) is 1.92. The van der Waals surface area contributed by atoms with Crippen LogP contribution in [-0.2, 0) is 16.5 Å². The van der Waals surface area contributed by atoms with Gasteiger partial charge in [0.15, 0.2) is 5.82 Å². The van der Waals surface area contributed by atoms with E-state index in [9.17, 15) is 0 Å². The average molecular weight is 404 g/mol. The molecule has 7 nitrogen and oxygen atoms in total. The van der Waals surface area contributed by atoms with Gasteiger partial charge in [-0.05, 0) is 32.1 Å². The second-order valence-corrected chi connectivity index (χ2v) is 9.11. The van der Waals surface area contributed by atoms with Crippen LogP contribution < -0.4 is 9.80 Å². The van der Waals surface area contributed by atoms with E-state index in [0.717, 1.165) is 74.9 Å². The number of hydrogen-bond acceptors (Lipinski definition) is 6. The Balaban J connectivity index is 1.35. The maximum absolute atomic E-state index is 6.41. The molecular formula is C20H26ClN5O2. The number of hydrogen-bond donors (Lipinski definition) is 0. The molecular weight excluding hydrogens is 378 g/mol. The Hall–Kier alpha value is -1.57. The van der Waals surface area contributed by atoms with Crippen molar-refractivity contribution in [1.29, 1.82) is 0 Å². The normalized spacial score (nSPS) is 28.9. The van der Waals surface area contributed by atoms with Gasteiger partial charge < -0.3 is 23.8 Å². The van der Waals surface area contributed by atoms with E-state index in [-0.39, 0.29) is 5.60 Å². The molecule has 8 heteroatoms. The smallest absolute Gasteiger partial charge is 0.206 e. The topological polar surface area (TPSA) is 55.7 Å². The van der Waals surface area contributed by atoms with Gasteiger partial charge in [-0.25, -0.2) is 9.97 Å². The Morgan fingerprint density at radius 3 is 2.75 bits per heavy atom. The summed E-state index contributed by atoms with van der Waals surface area (Å²) in [5.41, 5.74) is 2.12. The summed E-state index contributed by atoms with van der Waals surface area (Å²) >= 11 is 6.41. The summed E-state index contributed by atoms with van der Waals surface area (Å²) < 4.78 is 14.0. The molecule has 2 aromatic heterocycles. The van der Waals surface area contributed by atoms with Crippen LogP contribution in [0.25, 0.3) is 11.0 Å². The van der Waals surface area contributed by atoms with Crippen LogP contribution in [0.1, 0.15) is 32.1 Å². The molecule has 0 N–H and O–H groups in total. The minimum atomic E-state index is 0.117. The van der Waals surface area contributed by atoms with Crippen LogP contribution in [0.2, 0.25) is 5.15 Å². The SMILES string of the molecule is Cn1c(N2CCC3(CCCO3)CC2)nc2c(N3C[C@H]4C[C@@H]3CO4)nc(Cl)cc21. The van der Waals surface area contributed by atoms with Crippen molar-refractivity contribution in [3.63, 3.8) is 0 Å². The number of pyridine rings is 1. The molecule has 2 atom stereocenters. The Morgan fingerprint density at radius 1 is 1.21 bits per heavy atom. The zero-order chi connectivity index (χ0) is 18.9. The van der Waals surface area contributed by atoms with E-state index in [1.54, 1.807) is 0 Å². The predicted molar refractivity (Wildman–Crippen MR) is 108 cm³/mol. The number of anilines is 2. The average Bonchev–Trinajstić information content (AvgIpc) is 3.48. The predicted octanol–water partition coefficient (Wildman–Crippen LogP) is 2.75. The Morgan fingerprint density at radius 2 is 2.07 bits per heavy atom. The molecule has 0 unspecified atom stereocenters. The largest absolute Gasteiger partial charge is 0.375 e. The van der Waals surface area contributed by atoms with E-state index in [1.807, 2.05) is 6.07 Å². The fourth-order valence-corrected chi connectivity index (χ4v) is 5.72. The molecule has 0 aromatic carbocycles. The van der Waals surface area contributed by atoms with Crippen molar-refractivity contribution in [3.05, 3.63) is 11.2 Å². The van der Waals surface area contributed by atoms with E-state index >= 15 is 0 Å². The van der Waals surface area contributed by atoms with Crippen LogP contribution >= 0.6 is 11.6 Å². The zero-order valence-corrected chi connectivity index (χ0v) is 17.0. The molecule has 4 aliphatic rings. The fraction of sp³-hybridized carbons (Fsp3) is 0.700. The number of aromatic nitrogens is 3. The minimum absolute atomic E-state index is 0.117. The monoisotopic (exact) mass is 403 g/mol. The van der Waals surface area contributed by atoms with Crippen LogP contribution in [0.4, 0.5) is 11.8 Å². The quantitative estimate of drug-likeness (QED) is 0.719.